The van der Waals surface area contributed by atoms with Crippen LogP contribution in [-0.4, -0.2) is 28.7 Å². The van der Waals surface area contributed by atoms with Crippen LogP contribution in [0.5, 0.6) is 5.75 Å². The second kappa shape index (κ2) is 11.4. The number of nitriles is 1. The normalized spacial score (nSPS) is 11.1. The molecule has 0 saturated carbocycles. The number of aromatic nitrogens is 2. The molecule has 0 aliphatic rings. The second-order valence-corrected chi connectivity index (χ2v) is 9.17. The quantitative estimate of drug-likeness (QED) is 0.264. The van der Waals surface area contributed by atoms with Crippen molar-refractivity contribution in [1.82, 2.24) is 9.97 Å². The first-order valence-electron chi connectivity index (χ1n) is 11.3. The lowest BCUT2D eigenvalue weighted by Crippen LogP contribution is -2.16. The van der Waals surface area contributed by atoms with Gasteiger partial charge in [-0.05, 0) is 55.0 Å². The van der Waals surface area contributed by atoms with Crippen LogP contribution >= 0.6 is 11.8 Å². The van der Waals surface area contributed by atoms with E-state index in [-0.39, 0.29) is 11.6 Å². The van der Waals surface area contributed by atoms with Crippen molar-refractivity contribution in [3.63, 3.8) is 0 Å². The van der Waals surface area contributed by atoms with Gasteiger partial charge in [0.1, 0.15) is 22.7 Å². The number of nitrogens with one attached hydrogen (secondary N) is 1. The van der Waals surface area contributed by atoms with Crippen molar-refractivity contribution in [2.45, 2.75) is 18.1 Å². The minimum absolute atomic E-state index is 0.00982. The van der Waals surface area contributed by atoms with E-state index in [0.717, 1.165) is 40.6 Å². The molecule has 2 aromatic heterocycles. The van der Waals surface area contributed by atoms with Gasteiger partial charge >= 0.3 is 6.18 Å². The first-order valence-corrected chi connectivity index (χ1v) is 12.3. The summed E-state index contributed by atoms with van der Waals surface area (Å²) in [6.07, 6.45) is -3.86. The van der Waals surface area contributed by atoms with E-state index in [1.807, 2.05) is 49.4 Å². The molecule has 2 heterocycles. The maximum absolute atomic E-state index is 12.8. The standard InChI is InChI=1S/C28H21F3N4O2S/c1-17-3-5-18(6-4-17)22-13-24(19-7-10-21(37-2)11-8-19)34-27(23(22)14-32)38-16-26(36)35-25-12-9-20(15-33-25)28(29,30)31/h3-13,15H,16H2,1-2H3,(H,33,35,36). The van der Waals surface area contributed by atoms with Crippen LogP contribution in [0.2, 0.25) is 0 Å². The van der Waals surface area contributed by atoms with Gasteiger partial charge in [-0.1, -0.05) is 41.6 Å². The number of carbonyl (C=O) groups is 1. The number of pyridine rings is 2. The molecule has 1 amide bonds. The average Bonchev–Trinajstić information content (AvgIpc) is 2.91. The van der Waals surface area contributed by atoms with E-state index in [1.54, 1.807) is 19.2 Å². The number of hydrogen-bond donors (Lipinski definition) is 1. The molecule has 0 aliphatic carbocycles. The van der Waals surface area contributed by atoms with Gasteiger partial charge in [-0.3, -0.25) is 4.79 Å². The average molecular weight is 535 g/mol. The van der Waals surface area contributed by atoms with Crippen LogP contribution in [0.3, 0.4) is 0 Å². The summed E-state index contributed by atoms with van der Waals surface area (Å²) in [6, 6.07) is 21.0. The third-order valence-corrected chi connectivity index (χ3v) is 6.52. The summed E-state index contributed by atoms with van der Waals surface area (Å²) in [7, 11) is 1.57. The molecule has 0 radical (unpaired) electrons. The van der Waals surface area contributed by atoms with Crippen molar-refractivity contribution in [3.05, 3.63) is 89.6 Å². The molecule has 0 aliphatic heterocycles. The van der Waals surface area contributed by atoms with Crippen LogP contribution in [0.1, 0.15) is 16.7 Å². The highest BCUT2D eigenvalue weighted by atomic mass is 32.2. The number of thioether (sulfide) groups is 1. The number of rotatable bonds is 7. The summed E-state index contributed by atoms with van der Waals surface area (Å²) in [5, 5.41) is 12.8. The predicted octanol–water partition coefficient (Wildman–Crippen LogP) is 6.75. The molecule has 10 heteroatoms. The monoisotopic (exact) mass is 534 g/mol. The van der Waals surface area contributed by atoms with Crippen molar-refractivity contribution >= 4 is 23.5 Å². The van der Waals surface area contributed by atoms with E-state index < -0.39 is 17.6 Å². The SMILES string of the molecule is COc1ccc(-c2cc(-c3ccc(C)cc3)c(C#N)c(SCC(=O)Nc3ccc(C(F)(F)F)cn3)n2)cc1. The summed E-state index contributed by atoms with van der Waals surface area (Å²) in [4.78, 5) is 20.9. The van der Waals surface area contributed by atoms with Crippen molar-refractivity contribution in [1.29, 1.82) is 5.26 Å². The van der Waals surface area contributed by atoms with Crippen LogP contribution in [0, 0.1) is 18.3 Å². The Morgan fingerprint density at radius 3 is 2.32 bits per heavy atom. The van der Waals surface area contributed by atoms with Gasteiger partial charge in [-0.25, -0.2) is 9.97 Å². The summed E-state index contributed by atoms with van der Waals surface area (Å²) in [5.41, 5.74) is 3.37. The first-order chi connectivity index (χ1) is 18.2. The number of alkyl halides is 3. The summed E-state index contributed by atoms with van der Waals surface area (Å²) >= 11 is 1.06. The first kappa shape index (κ1) is 26.7. The number of carbonyl (C=O) groups excluding carboxylic acids is 1. The third-order valence-electron chi connectivity index (χ3n) is 5.54. The molecule has 0 unspecified atom stereocenters. The fourth-order valence-corrected chi connectivity index (χ4v) is 4.36. The minimum Gasteiger partial charge on any atom is -0.497 e. The zero-order valence-electron chi connectivity index (χ0n) is 20.3. The zero-order valence-corrected chi connectivity index (χ0v) is 21.2. The number of anilines is 1. The Morgan fingerprint density at radius 2 is 1.74 bits per heavy atom. The zero-order chi connectivity index (χ0) is 27.3. The number of halogens is 3. The van der Waals surface area contributed by atoms with Crippen molar-refractivity contribution < 1.29 is 22.7 Å². The lowest BCUT2D eigenvalue weighted by Gasteiger charge is -2.13. The molecule has 4 rings (SSSR count). The second-order valence-electron chi connectivity index (χ2n) is 8.21. The molecule has 1 N–H and O–H groups in total. The molecular formula is C28H21F3N4O2S. The van der Waals surface area contributed by atoms with Crippen LogP contribution in [0.4, 0.5) is 19.0 Å². The largest absolute Gasteiger partial charge is 0.497 e. The van der Waals surface area contributed by atoms with Gasteiger partial charge in [0.15, 0.2) is 0 Å². The van der Waals surface area contributed by atoms with Gasteiger partial charge in [0.25, 0.3) is 0 Å². The highest BCUT2D eigenvalue weighted by molar-refractivity contribution is 8.00. The van der Waals surface area contributed by atoms with E-state index in [2.05, 4.69) is 21.4 Å². The molecule has 38 heavy (non-hydrogen) atoms. The summed E-state index contributed by atoms with van der Waals surface area (Å²) < 4.78 is 43.5. The van der Waals surface area contributed by atoms with Gasteiger partial charge in [0.2, 0.25) is 5.91 Å². The topological polar surface area (TPSA) is 87.9 Å². The fraction of sp³-hybridized carbons (Fsp3) is 0.143. The summed E-state index contributed by atoms with van der Waals surface area (Å²) in [6.45, 7) is 1.97. The smallest absolute Gasteiger partial charge is 0.417 e. The number of benzene rings is 2. The number of ether oxygens (including phenoxy) is 1. The van der Waals surface area contributed by atoms with Crippen LogP contribution < -0.4 is 10.1 Å². The Balaban J connectivity index is 1.63. The number of amides is 1. The Bertz CT molecular complexity index is 1480. The Morgan fingerprint density at radius 1 is 1.05 bits per heavy atom. The molecular weight excluding hydrogens is 513 g/mol. The Labute approximate surface area is 221 Å². The Kier molecular flexibility index (Phi) is 7.98. The van der Waals surface area contributed by atoms with Gasteiger partial charge in [0.05, 0.1) is 29.7 Å². The molecule has 0 saturated heterocycles. The molecule has 0 bridgehead atoms. The van der Waals surface area contributed by atoms with Gasteiger partial charge in [0, 0.05) is 17.3 Å². The molecule has 6 nitrogen and oxygen atoms in total. The fourth-order valence-electron chi connectivity index (χ4n) is 3.55. The lowest BCUT2D eigenvalue weighted by atomic mass is 9.98. The Hall–Kier alpha value is -4.36. The lowest BCUT2D eigenvalue weighted by molar-refractivity contribution is -0.137. The van der Waals surface area contributed by atoms with Crippen molar-refractivity contribution in [3.8, 4) is 34.2 Å². The van der Waals surface area contributed by atoms with Gasteiger partial charge < -0.3 is 10.1 Å². The molecule has 192 valence electrons. The minimum atomic E-state index is -4.52. The number of hydrogen-bond acceptors (Lipinski definition) is 6. The molecule has 2 aromatic carbocycles. The molecule has 0 spiro atoms. The predicted molar refractivity (Wildman–Crippen MR) is 140 cm³/mol. The third kappa shape index (κ3) is 6.30. The summed E-state index contributed by atoms with van der Waals surface area (Å²) in [5.74, 6) is 0.0393. The number of nitrogens with zero attached hydrogens (tertiary/aromatic N) is 3. The molecule has 4 aromatic rings. The van der Waals surface area contributed by atoms with E-state index in [1.165, 1.54) is 0 Å². The van der Waals surface area contributed by atoms with Crippen LogP contribution in [0.15, 0.2) is 78.0 Å². The maximum Gasteiger partial charge on any atom is 0.417 e. The highest BCUT2D eigenvalue weighted by Gasteiger charge is 2.30. The van der Waals surface area contributed by atoms with E-state index in [4.69, 9.17) is 4.74 Å². The number of aryl methyl sites for hydroxylation is 1. The molecule has 0 fully saturated rings. The van der Waals surface area contributed by atoms with Gasteiger partial charge in [-0.15, -0.1) is 0 Å². The van der Waals surface area contributed by atoms with E-state index in [9.17, 15) is 23.2 Å². The van der Waals surface area contributed by atoms with Crippen molar-refractivity contribution in [2.75, 3.05) is 18.2 Å². The van der Waals surface area contributed by atoms with Crippen LogP contribution in [0.25, 0.3) is 22.4 Å². The van der Waals surface area contributed by atoms with E-state index in [0.29, 0.717) is 33.8 Å². The number of methoxy groups -OCH3 is 1. The maximum atomic E-state index is 12.8. The van der Waals surface area contributed by atoms with Crippen molar-refractivity contribution in [2.24, 2.45) is 0 Å². The van der Waals surface area contributed by atoms with Gasteiger partial charge in [-0.2, -0.15) is 18.4 Å². The van der Waals surface area contributed by atoms with Crippen LogP contribution in [-0.2, 0) is 11.0 Å². The highest BCUT2D eigenvalue weighted by Crippen LogP contribution is 2.35. The molecule has 0 atom stereocenters. The van der Waals surface area contributed by atoms with E-state index >= 15 is 0 Å².